The highest BCUT2D eigenvalue weighted by atomic mass is 32.2. The molecule has 1 heterocycles. The number of amides is 1. The predicted molar refractivity (Wildman–Crippen MR) is 107 cm³/mol. The standard InChI is InChI=1S/C20H22N2O4S/c1-12(11-24-2)25-18-10-15(26-14-4-6-16(27-3)7-5-14)8-13-9-17(20(21)23)22-19(13)18/h4-10,12,22H,11H2,1-3H3,(H2,21,23). The Morgan fingerprint density at radius 2 is 1.93 bits per heavy atom. The van der Waals surface area contributed by atoms with Crippen LogP contribution in [0.5, 0.6) is 17.2 Å². The fourth-order valence-corrected chi connectivity index (χ4v) is 3.14. The predicted octanol–water partition coefficient (Wildman–Crippen LogP) is 4.19. The molecule has 0 radical (unpaired) electrons. The molecule has 1 unspecified atom stereocenters. The molecule has 6 nitrogen and oxygen atoms in total. The van der Waals surface area contributed by atoms with E-state index in [4.69, 9.17) is 19.9 Å². The number of H-pyrrole nitrogens is 1. The molecule has 1 amide bonds. The first-order valence-electron chi connectivity index (χ1n) is 8.44. The normalized spacial score (nSPS) is 12.1. The number of methoxy groups -OCH3 is 1. The van der Waals surface area contributed by atoms with Crippen molar-refractivity contribution in [3.8, 4) is 17.2 Å². The van der Waals surface area contributed by atoms with E-state index in [1.165, 1.54) is 0 Å². The van der Waals surface area contributed by atoms with Gasteiger partial charge in [-0.05, 0) is 49.6 Å². The molecule has 0 aliphatic heterocycles. The van der Waals surface area contributed by atoms with Gasteiger partial charge in [0.1, 0.15) is 29.0 Å². The van der Waals surface area contributed by atoms with Crippen LogP contribution in [0.1, 0.15) is 17.4 Å². The minimum absolute atomic E-state index is 0.172. The first-order valence-corrected chi connectivity index (χ1v) is 9.66. The van der Waals surface area contributed by atoms with E-state index in [9.17, 15) is 4.79 Å². The van der Waals surface area contributed by atoms with Gasteiger partial charge in [0.15, 0.2) is 0 Å². The number of rotatable bonds is 8. The maximum Gasteiger partial charge on any atom is 0.265 e. The van der Waals surface area contributed by atoms with E-state index in [-0.39, 0.29) is 6.10 Å². The zero-order valence-electron chi connectivity index (χ0n) is 15.4. The Labute approximate surface area is 162 Å². The van der Waals surface area contributed by atoms with Crippen molar-refractivity contribution >= 4 is 28.6 Å². The van der Waals surface area contributed by atoms with E-state index in [1.54, 1.807) is 31.0 Å². The molecule has 27 heavy (non-hydrogen) atoms. The molecular weight excluding hydrogens is 364 g/mol. The summed E-state index contributed by atoms with van der Waals surface area (Å²) in [6, 6.07) is 13.1. The fraction of sp³-hybridized carbons (Fsp3) is 0.250. The zero-order valence-corrected chi connectivity index (χ0v) is 16.3. The number of aromatic amines is 1. The Morgan fingerprint density at radius 1 is 1.19 bits per heavy atom. The van der Waals surface area contributed by atoms with Crippen LogP contribution in [0, 0.1) is 0 Å². The number of fused-ring (bicyclic) bond motifs is 1. The van der Waals surface area contributed by atoms with Gasteiger partial charge < -0.3 is 24.9 Å². The number of ether oxygens (including phenoxy) is 3. The van der Waals surface area contributed by atoms with E-state index in [2.05, 4.69) is 4.98 Å². The van der Waals surface area contributed by atoms with Crippen LogP contribution in [0.3, 0.4) is 0 Å². The molecule has 7 heteroatoms. The van der Waals surface area contributed by atoms with Gasteiger partial charge in [-0.2, -0.15) is 0 Å². The van der Waals surface area contributed by atoms with E-state index in [0.29, 0.717) is 35.1 Å². The summed E-state index contributed by atoms with van der Waals surface area (Å²) in [6.45, 7) is 2.34. The average molecular weight is 386 g/mol. The Bertz CT molecular complexity index is 937. The molecule has 0 saturated heterocycles. The third-order valence-electron chi connectivity index (χ3n) is 3.96. The maximum atomic E-state index is 11.5. The summed E-state index contributed by atoms with van der Waals surface area (Å²) >= 11 is 1.67. The average Bonchev–Trinajstić information content (AvgIpc) is 3.07. The summed E-state index contributed by atoms with van der Waals surface area (Å²) in [5.41, 5.74) is 6.41. The van der Waals surface area contributed by atoms with Crippen LogP contribution in [0.15, 0.2) is 47.4 Å². The maximum absolute atomic E-state index is 11.5. The van der Waals surface area contributed by atoms with Crippen molar-refractivity contribution < 1.29 is 19.0 Å². The van der Waals surface area contributed by atoms with Gasteiger partial charge in [0.05, 0.1) is 12.1 Å². The summed E-state index contributed by atoms with van der Waals surface area (Å²) in [7, 11) is 1.62. The van der Waals surface area contributed by atoms with Crippen molar-refractivity contribution in [2.24, 2.45) is 5.73 Å². The van der Waals surface area contributed by atoms with E-state index >= 15 is 0 Å². The molecule has 0 aliphatic rings. The largest absolute Gasteiger partial charge is 0.486 e. The number of primary amides is 1. The summed E-state index contributed by atoms with van der Waals surface area (Å²) in [5.74, 6) is 1.36. The Kier molecular flexibility index (Phi) is 5.93. The minimum atomic E-state index is -0.530. The number of carbonyl (C=O) groups excluding carboxylic acids is 1. The molecule has 3 N–H and O–H groups in total. The molecule has 2 aromatic carbocycles. The lowest BCUT2D eigenvalue weighted by Crippen LogP contribution is -2.18. The van der Waals surface area contributed by atoms with Crippen LogP contribution in [0.4, 0.5) is 0 Å². The third-order valence-corrected chi connectivity index (χ3v) is 4.70. The van der Waals surface area contributed by atoms with Crippen LogP contribution >= 0.6 is 11.8 Å². The van der Waals surface area contributed by atoms with Crippen molar-refractivity contribution in [1.29, 1.82) is 0 Å². The van der Waals surface area contributed by atoms with Gasteiger partial charge in [0.2, 0.25) is 0 Å². The van der Waals surface area contributed by atoms with Crippen LogP contribution < -0.4 is 15.2 Å². The second kappa shape index (κ2) is 8.37. The number of benzene rings is 2. The molecule has 0 bridgehead atoms. The molecule has 0 aliphatic carbocycles. The highest BCUT2D eigenvalue weighted by molar-refractivity contribution is 7.98. The number of nitrogens with one attached hydrogen (secondary N) is 1. The van der Waals surface area contributed by atoms with Crippen LogP contribution in [0.2, 0.25) is 0 Å². The zero-order chi connectivity index (χ0) is 19.4. The van der Waals surface area contributed by atoms with Gasteiger partial charge >= 0.3 is 0 Å². The SMILES string of the molecule is COCC(C)Oc1cc(Oc2ccc(SC)cc2)cc2cc(C(N)=O)[nH]c12. The van der Waals surface area contributed by atoms with Crippen LogP contribution in [0.25, 0.3) is 10.9 Å². The number of aromatic nitrogens is 1. The topological polar surface area (TPSA) is 86.6 Å². The molecule has 3 rings (SSSR count). The first kappa shape index (κ1) is 19.1. The highest BCUT2D eigenvalue weighted by Gasteiger charge is 2.15. The molecule has 0 spiro atoms. The summed E-state index contributed by atoms with van der Waals surface area (Å²) in [4.78, 5) is 15.7. The molecule has 0 fully saturated rings. The first-order chi connectivity index (χ1) is 13.0. The lowest BCUT2D eigenvalue weighted by Gasteiger charge is -2.16. The number of carbonyl (C=O) groups is 1. The smallest absolute Gasteiger partial charge is 0.265 e. The number of hydrogen-bond acceptors (Lipinski definition) is 5. The lowest BCUT2D eigenvalue weighted by atomic mass is 10.2. The van der Waals surface area contributed by atoms with E-state index in [0.717, 1.165) is 10.3 Å². The number of hydrogen-bond donors (Lipinski definition) is 2. The van der Waals surface area contributed by atoms with Crippen LogP contribution in [-0.2, 0) is 4.74 Å². The Balaban J connectivity index is 1.97. The van der Waals surface area contributed by atoms with Crippen molar-refractivity contribution in [3.05, 3.63) is 48.2 Å². The van der Waals surface area contributed by atoms with E-state index < -0.39 is 5.91 Å². The lowest BCUT2D eigenvalue weighted by molar-refractivity contribution is 0.0928. The van der Waals surface area contributed by atoms with Gasteiger partial charge in [0.25, 0.3) is 5.91 Å². The molecule has 1 aromatic heterocycles. The second-order valence-electron chi connectivity index (χ2n) is 6.09. The number of nitrogens with two attached hydrogens (primary N) is 1. The van der Waals surface area contributed by atoms with Gasteiger partial charge in [-0.15, -0.1) is 11.8 Å². The summed E-state index contributed by atoms with van der Waals surface area (Å²) < 4.78 is 17.1. The summed E-state index contributed by atoms with van der Waals surface area (Å²) in [5, 5.41) is 0.779. The minimum Gasteiger partial charge on any atom is -0.486 e. The summed E-state index contributed by atoms with van der Waals surface area (Å²) in [6.07, 6.45) is 1.85. The molecule has 142 valence electrons. The van der Waals surface area contributed by atoms with E-state index in [1.807, 2.05) is 43.5 Å². The van der Waals surface area contributed by atoms with Gasteiger partial charge in [-0.25, -0.2) is 0 Å². The fourth-order valence-electron chi connectivity index (χ4n) is 2.73. The van der Waals surface area contributed by atoms with Gasteiger partial charge in [0, 0.05) is 23.5 Å². The van der Waals surface area contributed by atoms with Crippen LogP contribution in [-0.4, -0.2) is 37.0 Å². The Morgan fingerprint density at radius 3 is 2.56 bits per heavy atom. The van der Waals surface area contributed by atoms with Gasteiger partial charge in [-0.1, -0.05) is 0 Å². The second-order valence-corrected chi connectivity index (χ2v) is 6.97. The van der Waals surface area contributed by atoms with Crippen molar-refractivity contribution in [1.82, 2.24) is 4.98 Å². The quantitative estimate of drug-likeness (QED) is 0.567. The third kappa shape index (κ3) is 4.56. The van der Waals surface area contributed by atoms with Crippen molar-refractivity contribution in [3.63, 3.8) is 0 Å². The monoisotopic (exact) mass is 386 g/mol. The Hall–Kier alpha value is -2.64. The van der Waals surface area contributed by atoms with Crippen molar-refractivity contribution in [2.45, 2.75) is 17.9 Å². The van der Waals surface area contributed by atoms with Gasteiger partial charge in [-0.3, -0.25) is 4.79 Å². The highest BCUT2D eigenvalue weighted by Crippen LogP contribution is 2.34. The molecular formula is C20H22N2O4S. The molecule has 3 aromatic rings. The molecule has 1 atom stereocenters. The van der Waals surface area contributed by atoms with Crippen molar-refractivity contribution in [2.75, 3.05) is 20.0 Å². The number of thioether (sulfide) groups is 1. The molecule has 0 saturated carbocycles.